The Morgan fingerprint density at radius 1 is 1.39 bits per heavy atom. The third-order valence-electron chi connectivity index (χ3n) is 5.00. The van der Waals surface area contributed by atoms with Gasteiger partial charge in [0.1, 0.15) is 0 Å². The number of nitrogens with one attached hydrogen (secondary N) is 2. The molecule has 28 heavy (non-hydrogen) atoms. The summed E-state index contributed by atoms with van der Waals surface area (Å²) < 4.78 is 5.51. The van der Waals surface area contributed by atoms with E-state index in [4.69, 9.17) is 4.74 Å². The number of ether oxygens (including phenoxy) is 1. The lowest BCUT2D eigenvalue weighted by molar-refractivity contribution is -0.117. The molecule has 0 radical (unpaired) electrons. The maximum atomic E-state index is 12.9. The lowest BCUT2D eigenvalue weighted by Gasteiger charge is -2.34. The Morgan fingerprint density at radius 3 is 2.61 bits per heavy atom. The van der Waals surface area contributed by atoms with Crippen LogP contribution in [0.2, 0.25) is 0 Å². The molecule has 6 heteroatoms. The maximum absolute atomic E-state index is 12.9. The zero-order valence-corrected chi connectivity index (χ0v) is 17.5. The van der Waals surface area contributed by atoms with E-state index in [0.29, 0.717) is 11.1 Å². The highest BCUT2D eigenvalue weighted by Gasteiger charge is 2.28. The first kappa shape index (κ1) is 21.4. The number of aromatic amines is 1. The molecule has 1 aliphatic heterocycles. The molecule has 0 spiro atoms. The Balaban J connectivity index is 2.36. The number of rotatable bonds is 6. The van der Waals surface area contributed by atoms with Gasteiger partial charge in [-0.1, -0.05) is 12.7 Å². The molecule has 0 saturated heterocycles. The lowest BCUT2D eigenvalue weighted by atomic mass is 9.95. The van der Waals surface area contributed by atoms with Crippen molar-refractivity contribution in [1.82, 2.24) is 15.2 Å². The molecule has 1 aliphatic rings. The van der Waals surface area contributed by atoms with Crippen molar-refractivity contribution in [3.63, 3.8) is 0 Å². The molecule has 1 unspecified atom stereocenters. The number of amides is 1. The van der Waals surface area contributed by atoms with Crippen molar-refractivity contribution in [2.75, 3.05) is 7.11 Å². The second-order valence-electron chi connectivity index (χ2n) is 6.84. The van der Waals surface area contributed by atoms with Gasteiger partial charge < -0.3 is 19.9 Å². The number of aryl methyl sites for hydroxylation is 2. The fourth-order valence-electron chi connectivity index (χ4n) is 3.42. The highest BCUT2D eigenvalue weighted by atomic mass is 16.5. The van der Waals surface area contributed by atoms with E-state index in [1.807, 2.05) is 57.7 Å². The fraction of sp³-hybridized carbons (Fsp3) is 0.364. The van der Waals surface area contributed by atoms with Crippen molar-refractivity contribution in [2.45, 2.75) is 47.3 Å². The number of nitrogens with zero attached hydrogens (tertiary/aromatic N) is 1. The van der Waals surface area contributed by atoms with Gasteiger partial charge in [-0.25, -0.2) is 0 Å². The van der Waals surface area contributed by atoms with Crippen molar-refractivity contribution in [2.24, 2.45) is 0 Å². The van der Waals surface area contributed by atoms with Crippen LogP contribution in [-0.2, 0) is 16.1 Å². The predicted octanol–water partition coefficient (Wildman–Crippen LogP) is 3.21. The molecule has 1 aromatic rings. The van der Waals surface area contributed by atoms with Gasteiger partial charge in [-0.2, -0.15) is 0 Å². The van der Waals surface area contributed by atoms with E-state index in [2.05, 4.69) is 16.9 Å². The van der Waals surface area contributed by atoms with E-state index in [0.717, 1.165) is 28.2 Å². The Hall–Kier alpha value is -2.86. The van der Waals surface area contributed by atoms with Crippen LogP contribution in [-0.4, -0.2) is 29.0 Å². The number of allylic oxidation sites excluding steroid dienone is 2. The molecule has 0 fully saturated rings. The highest BCUT2D eigenvalue weighted by Crippen LogP contribution is 2.32. The number of carbonyl (C=O) groups excluding carboxylic acids is 1. The van der Waals surface area contributed by atoms with Gasteiger partial charge in [0.05, 0.1) is 11.8 Å². The fourth-order valence-corrected chi connectivity index (χ4v) is 3.42. The lowest BCUT2D eigenvalue weighted by Crippen LogP contribution is -2.34. The maximum Gasteiger partial charge on any atom is 0.253 e. The minimum atomic E-state index is -0.235. The third-order valence-corrected chi connectivity index (χ3v) is 5.00. The first-order chi connectivity index (χ1) is 13.2. The van der Waals surface area contributed by atoms with Crippen LogP contribution in [0.4, 0.5) is 0 Å². The highest BCUT2D eigenvalue weighted by molar-refractivity contribution is 5.98. The number of carbonyl (C=O) groups is 1. The standard InChI is InChI=1S/C22H29N3O3/c1-8-17-11-18(15(5)20(16(6)28-7)25(17)9-2)21(26)23-12-19-13(3)10-14(4)24-22(19)27/h8-11,16H,2,12H2,1,3-7H3,(H,23,26)(H,24,27)/b17-8-. The molecule has 2 N–H and O–H groups in total. The molecule has 1 amide bonds. The number of aromatic nitrogens is 1. The number of hydrogen-bond acceptors (Lipinski definition) is 4. The molecule has 2 rings (SSSR count). The van der Waals surface area contributed by atoms with Gasteiger partial charge >= 0.3 is 0 Å². The minimum Gasteiger partial charge on any atom is -0.376 e. The molecule has 0 saturated carbocycles. The first-order valence-electron chi connectivity index (χ1n) is 9.26. The van der Waals surface area contributed by atoms with Crippen LogP contribution in [0.3, 0.4) is 0 Å². The van der Waals surface area contributed by atoms with Crippen LogP contribution >= 0.6 is 0 Å². The van der Waals surface area contributed by atoms with Crippen LogP contribution in [0, 0.1) is 13.8 Å². The van der Waals surface area contributed by atoms with E-state index < -0.39 is 0 Å². The van der Waals surface area contributed by atoms with E-state index >= 15 is 0 Å². The smallest absolute Gasteiger partial charge is 0.253 e. The summed E-state index contributed by atoms with van der Waals surface area (Å²) in [5.74, 6) is -0.235. The topological polar surface area (TPSA) is 74.4 Å². The van der Waals surface area contributed by atoms with Gasteiger partial charge in [0, 0.05) is 42.4 Å². The molecule has 0 aliphatic carbocycles. The summed E-state index contributed by atoms with van der Waals surface area (Å²) in [6.45, 7) is 13.5. The van der Waals surface area contributed by atoms with Crippen molar-refractivity contribution in [3.8, 4) is 0 Å². The number of pyridine rings is 1. The predicted molar refractivity (Wildman–Crippen MR) is 111 cm³/mol. The number of H-pyrrole nitrogens is 1. The summed E-state index contributed by atoms with van der Waals surface area (Å²) in [5.41, 5.74) is 5.10. The number of hydrogen-bond donors (Lipinski definition) is 2. The van der Waals surface area contributed by atoms with E-state index in [9.17, 15) is 9.59 Å². The average molecular weight is 383 g/mol. The third kappa shape index (κ3) is 4.17. The molecule has 6 nitrogen and oxygen atoms in total. The van der Waals surface area contributed by atoms with E-state index in [-0.39, 0.29) is 24.1 Å². The summed E-state index contributed by atoms with van der Waals surface area (Å²) >= 11 is 0. The summed E-state index contributed by atoms with van der Waals surface area (Å²) in [5, 5.41) is 2.88. The second kappa shape index (κ2) is 8.89. The van der Waals surface area contributed by atoms with Crippen LogP contribution < -0.4 is 10.9 Å². The van der Waals surface area contributed by atoms with Crippen molar-refractivity contribution >= 4 is 5.91 Å². The molecule has 1 atom stereocenters. The summed E-state index contributed by atoms with van der Waals surface area (Å²) in [7, 11) is 1.63. The molecule has 2 heterocycles. The molecule has 0 aromatic carbocycles. The zero-order valence-electron chi connectivity index (χ0n) is 17.5. The normalized spacial score (nSPS) is 16.9. The van der Waals surface area contributed by atoms with Crippen LogP contribution in [0.15, 0.2) is 58.3 Å². The molecule has 150 valence electrons. The Kier molecular flexibility index (Phi) is 6.80. The zero-order chi connectivity index (χ0) is 21.0. The quantitative estimate of drug-likeness (QED) is 0.791. The van der Waals surface area contributed by atoms with Crippen LogP contribution in [0.1, 0.15) is 37.6 Å². The van der Waals surface area contributed by atoms with Gasteiger partial charge in [0.25, 0.3) is 11.5 Å². The molecule has 0 bridgehead atoms. The summed E-state index contributed by atoms with van der Waals surface area (Å²) in [4.78, 5) is 29.8. The molecular formula is C22H29N3O3. The Bertz CT molecular complexity index is 935. The van der Waals surface area contributed by atoms with Crippen LogP contribution in [0.25, 0.3) is 0 Å². The SMILES string of the molecule is C=CN1C(C(C)OC)=C(C)C(C(=O)NCc2c(C)cc(C)[nH]c2=O)=C/C1=C/C. The largest absolute Gasteiger partial charge is 0.376 e. The Morgan fingerprint density at radius 2 is 2.07 bits per heavy atom. The molecular weight excluding hydrogens is 354 g/mol. The van der Waals surface area contributed by atoms with Gasteiger partial charge in [-0.05, 0) is 57.9 Å². The van der Waals surface area contributed by atoms with Gasteiger partial charge in [0.2, 0.25) is 0 Å². The van der Waals surface area contributed by atoms with Crippen molar-refractivity contribution in [1.29, 1.82) is 0 Å². The summed E-state index contributed by atoms with van der Waals surface area (Å²) in [6, 6.07) is 1.90. The van der Waals surface area contributed by atoms with Crippen molar-refractivity contribution in [3.05, 3.63) is 80.7 Å². The Labute approximate surface area is 166 Å². The van der Waals surface area contributed by atoms with Gasteiger partial charge in [-0.3, -0.25) is 9.59 Å². The van der Waals surface area contributed by atoms with Crippen molar-refractivity contribution < 1.29 is 9.53 Å². The first-order valence-corrected chi connectivity index (χ1v) is 9.26. The van der Waals surface area contributed by atoms with E-state index in [1.54, 1.807) is 13.3 Å². The second-order valence-corrected chi connectivity index (χ2v) is 6.84. The molecule has 1 aromatic heterocycles. The van der Waals surface area contributed by atoms with Crippen LogP contribution in [0.5, 0.6) is 0 Å². The number of methoxy groups -OCH3 is 1. The monoisotopic (exact) mass is 383 g/mol. The van der Waals surface area contributed by atoms with Gasteiger partial charge in [0.15, 0.2) is 0 Å². The van der Waals surface area contributed by atoms with Gasteiger partial charge in [-0.15, -0.1) is 0 Å². The summed E-state index contributed by atoms with van der Waals surface area (Å²) in [6.07, 6.45) is 5.24. The average Bonchev–Trinajstić information content (AvgIpc) is 2.65. The van der Waals surface area contributed by atoms with E-state index in [1.165, 1.54) is 0 Å². The minimum absolute atomic E-state index is 0.163.